The predicted molar refractivity (Wildman–Crippen MR) is 188 cm³/mol. The lowest BCUT2D eigenvalue weighted by Gasteiger charge is -2.23. The summed E-state index contributed by atoms with van der Waals surface area (Å²) in [6.07, 6.45) is 2.32. The van der Waals surface area contributed by atoms with Gasteiger partial charge in [0.25, 0.3) is 11.8 Å². The number of carbonyl (C=O) groups is 3. The molecule has 0 aliphatic carbocycles. The number of anilines is 2. The molecule has 0 fully saturated rings. The molecule has 1 aromatic heterocycles. The molecule has 3 aromatic carbocycles. The number of sulfonamides is 1. The maximum Gasteiger partial charge on any atom is 0.251 e. The zero-order valence-corrected chi connectivity index (χ0v) is 28.6. The zero-order valence-electron chi connectivity index (χ0n) is 26.9. The standard InChI is InChI=1S/C35H41N5O5S2/c1-5-27-13-9-10-14-32(27)39-33(41)24(2)36-22-30(17-26-15-16-46-23-26)38-35(43)29-18-28(19-31(20-29)40(3)47(4,44)45)34(42)37-21-25-11-7-6-8-12-25/h6-16,18-20,23-24,30,36H,5,17,21-22H2,1-4H3,(H,37,42)(H,38,43)(H,39,41)/t24-,30-/m0/s1. The van der Waals surface area contributed by atoms with Crippen LogP contribution in [0.5, 0.6) is 0 Å². The summed E-state index contributed by atoms with van der Waals surface area (Å²) < 4.78 is 25.8. The van der Waals surface area contributed by atoms with Crippen LogP contribution in [-0.2, 0) is 34.2 Å². The fourth-order valence-electron chi connectivity index (χ4n) is 4.87. The molecular weight excluding hydrogens is 635 g/mol. The van der Waals surface area contributed by atoms with Gasteiger partial charge in [-0.1, -0.05) is 55.5 Å². The van der Waals surface area contributed by atoms with E-state index in [0.29, 0.717) is 6.42 Å². The number of carbonyl (C=O) groups excluding carboxylic acids is 3. The van der Waals surface area contributed by atoms with Crippen LogP contribution in [0.4, 0.5) is 11.4 Å². The summed E-state index contributed by atoms with van der Waals surface area (Å²) in [6, 6.07) is 22.3. The van der Waals surface area contributed by atoms with Crippen molar-refractivity contribution in [2.45, 2.75) is 45.3 Å². The van der Waals surface area contributed by atoms with E-state index in [0.717, 1.165) is 39.4 Å². The molecule has 10 nitrogen and oxygen atoms in total. The minimum atomic E-state index is -3.68. The van der Waals surface area contributed by atoms with Crippen LogP contribution in [0.3, 0.4) is 0 Å². The molecule has 3 amide bonds. The van der Waals surface area contributed by atoms with Crippen molar-refractivity contribution in [2.75, 3.05) is 29.5 Å². The van der Waals surface area contributed by atoms with E-state index in [9.17, 15) is 22.8 Å². The van der Waals surface area contributed by atoms with Crippen LogP contribution in [0.1, 0.15) is 51.3 Å². The maximum atomic E-state index is 13.7. The van der Waals surface area contributed by atoms with E-state index < -0.39 is 33.9 Å². The van der Waals surface area contributed by atoms with Crippen LogP contribution < -0.4 is 25.6 Å². The van der Waals surface area contributed by atoms with E-state index in [-0.39, 0.29) is 35.8 Å². The van der Waals surface area contributed by atoms with Gasteiger partial charge >= 0.3 is 0 Å². The molecule has 0 radical (unpaired) electrons. The number of rotatable bonds is 15. The quantitative estimate of drug-likeness (QED) is 0.146. The van der Waals surface area contributed by atoms with Crippen molar-refractivity contribution < 1.29 is 22.8 Å². The SMILES string of the molecule is CCc1ccccc1NC(=O)[C@H](C)NC[C@H](Cc1ccsc1)NC(=O)c1cc(C(=O)NCc2ccccc2)cc(N(C)S(C)(=O)=O)c1. The van der Waals surface area contributed by atoms with E-state index in [1.54, 1.807) is 18.3 Å². The Morgan fingerprint density at radius 1 is 0.894 bits per heavy atom. The highest BCUT2D eigenvalue weighted by Crippen LogP contribution is 2.22. The van der Waals surface area contributed by atoms with Gasteiger partial charge in [0.05, 0.1) is 18.0 Å². The smallest absolute Gasteiger partial charge is 0.251 e. The van der Waals surface area contributed by atoms with Gasteiger partial charge in [0.2, 0.25) is 15.9 Å². The molecule has 4 N–H and O–H groups in total. The van der Waals surface area contributed by atoms with Crippen molar-refractivity contribution in [3.8, 4) is 0 Å². The molecule has 0 unspecified atom stereocenters. The Morgan fingerprint density at radius 3 is 2.23 bits per heavy atom. The third-order valence-electron chi connectivity index (χ3n) is 7.72. The summed E-state index contributed by atoms with van der Waals surface area (Å²) in [5.41, 5.74) is 4.15. The second-order valence-corrected chi connectivity index (χ2v) is 14.1. The zero-order chi connectivity index (χ0) is 34.0. The fraction of sp³-hybridized carbons (Fsp3) is 0.286. The summed E-state index contributed by atoms with van der Waals surface area (Å²) in [5, 5.41) is 16.1. The first kappa shape index (κ1) is 35.3. The minimum absolute atomic E-state index is 0.125. The Morgan fingerprint density at radius 2 is 1.57 bits per heavy atom. The van der Waals surface area contributed by atoms with Gasteiger partial charge in [0, 0.05) is 43.0 Å². The first-order valence-corrected chi connectivity index (χ1v) is 18.1. The Labute approximate surface area is 280 Å². The van der Waals surface area contributed by atoms with Gasteiger partial charge < -0.3 is 21.3 Å². The lowest BCUT2D eigenvalue weighted by Crippen LogP contribution is -2.48. The number of nitrogens with one attached hydrogen (secondary N) is 4. The first-order valence-electron chi connectivity index (χ1n) is 15.3. The molecule has 47 heavy (non-hydrogen) atoms. The van der Waals surface area contributed by atoms with Crippen molar-refractivity contribution >= 4 is 50.5 Å². The molecule has 0 aliphatic heterocycles. The van der Waals surface area contributed by atoms with Gasteiger partial charge in [0.15, 0.2) is 0 Å². The van der Waals surface area contributed by atoms with E-state index in [1.165, 1.54) is 25.2 Å². The van der Waals surface area contributed by atoms with Gasteiger partial charge in [-0.3, -0.25) is 18.7 Å². The topological polar surface area (TPSA) is 137 Å². The molecule has 0 saturated carbocycles. The van der Waals surface area contributed by atoms with Gasteiger partial charge in [-0.05, 0) is 77.5 Å². The Balaban J connectivity index is 1.52. The van der Waals surface area contributed by atoms with Gasteiger partial charge in [-0.2, -0.15) is 11.3 Å². The minimum Gasteiger partial charge on any atom is -0.348 e. The van der Waals surface area contributed by atoms with Crippen molar-refractivity contribution in [1.82, 2.24) is 16.0 Å². The average molecular weight is 676 g/mol. The number of nitrogens with zero attached hydrogens (tertiary/aromatic N) is 1. The summed E-state index contributed by atoms with van der Waals surface area (Å²) in [6.45, 7) is 4.33. The average Bonchev–Trinajstić information content (AvgIpc) is 3.58. The van der Waals surface area contributed by atoms with E-state index in [4.69, 9.17) is 0 Å². The van der Waals surface area contributed by atoms with Crippen molar-refractivity contribution in [3.05, 3.63) is 117 Å². The van der Waals surface area contributed by atoms with Gasteiger partial charge in [-0.15, -0.1) is 0 Å². The molecule has 12 heteroatoms. The summed E-state index contributed by atoms with van der Waals surface area (Å²) in [5.74, 6) is -1.14. The lowest BCUT2D eigenvalue weighted by molar-refractivity contribution is -0.117. The third kappa shape index (κ3) is 10.2. The highest BCUT2D eigenvalue weighted by Gasteiger charge is 2.22. The molecular formula is C35H41N5O5S2. The number of amides is 3. The van der Waals surface area contributed by atoms with E-state index in [1.807, 2.05) is 78.3 Å². The predicted octanol–water partition coefficient (Wildman–Crippen LogP) is 4.59. The van der Waals surface area contributed by atoms with E-state index in [2.05, 4.69) is 21.3 Å². The summed E-state index contributed by atoms with van der Waals surface area (Å²) in [4.78, 5) is 40.0. The second-order valence-electron chi connectivity index (χ2n) is 11.3. The second kappa shape index (κ2) is 16.3. The Bertz CT molecular complexity index is 1780. The largest absolute Gasteiger partial charge is 0.348 e. The third-order valence-corrected chi connectivity index (χ3v) is 9.65. The number of hydrogen-bond donors (Lipinski definition) is 4. The highest BCUT2D eigenvalue weighted by atomic mass is 32.2. The molecule has 0 bridgehead atoms. The van der Waals surface area contributed by atoms with Gasteiger partial charge in [-0.25, -0.2) is 8.42 Å². The number of benzene rings is 3. The van der Waals surface area contributed by atoms with Crippen molar-refractivity contribution in [3.63, 3.8) is 0 Å². The first-order chi connectivity index (χ1) is 22.4. The normalized spacial score (nSPS) is 12.5. The monoisotopic (exact) mass is 675 g/mol. The fourth-order valence-corrected chi connectivity index (χ4v) is 6.04. The lowest BCUT2D eigenvalue weighted by atomic mass is 10.0. The summed E-state index contributed by atoms with van der Waals surface area (Å²) >= 11 is 1.54. The van der Waals surface area contributed by atoms with Crippen LogP contribution >= 0.6 is 11.3 Å². The number of hydrogen-bond acceptors (Lipinski definition) is 7. The van der Waals surface area contributed by atoms with Crippen LogP contribution in [0.15, 0.2) is 89.6 Å². The molecule has 4 aromatic rings. The van der Waals surface area contributed by atoms with Crippen LogP contribution in [-0.4, -0.2) is 58.1 Å². The van der Waals surface area contributed by atoms with Crippen LogP contribution in [0, 0.1) is 0 Å². The highest BCUT2D eigenvalue weighted by molar-refractivity contribution is 7.92. The molecule has 4 rings (SSSR count). The number of aryl methyl sites for hydroxylation is 1. The molecule has 1 heterocycles. The molecule has 0 saturated heterocycles. The summed E-state index contributed by atoms with van der Waals surface area (Å²) in [7, 11) is -2.32. The Hall–Kier alpha value is -4.52. The Kier molecular flexibility index (Phi) is 12.3. The maximum absolute atomic E-state index is 13.7. The van der Waals surface area contributed by atoms with Crippen LogP contribution in [0.25, 0.3) is 0 Å². The number of para-hydroxylation sites is 1. The molecule has 2 atom stereocenters. The van der Waals surface area contributed by atoms with Crippen molar-refractivity contribution in [2.24, 2.45) is 0 Å². The molecule has 0 aliphatic rings. The van der Waals surface area contributed by atoms with Gasteiger partial charge in [0.1, 0.15) is 0 Å². The number of thiophene rings is 1. The molecule has 248 valence electrons. The van der Waals surface area contributed by atoms with Crippen molar-refractivity contribution in [1.29, 1.82) is 0 Å². The molecule has 0 spiro atoms. The van der Waals surface area contributed by atoms with E-state index >= 15 is 0 Å². The van der Waals surface area contributed by atoms with Crippen LogP contribution in [0.2, 0.25) is 0 Å².